The van der Waals surface area contributed by atoms with Crippen LogP contribution < -0.4 is 0 Å². The number of carbonyl (C=O) groups excluding carboxylic acids is 1. The molecule has 1 fully saturated rings. The number of hydrogen-bond donors (Lipinski definition) is 1. The normalized spacial score (nSPS) is 27.1. The number of nitrogens with zero attached hydrogens (tertiary/aromatic N) is 1. The van der Waals surface area contributed by atoms with E-state index in [4.69, 9.17) is 4.74 Å². The zero-order valence-electron chi connectivity index (χ0n) is 9.77. The molecule has 0 aliphatic carbocycles. The molecule has 1 N–H and O–H groups in total. The topological polar surface area (TPSA) is 49.8 Å². The van der Waals surface area contributed by atoms with E-state index < -0.39 is 6.10 Å². The minimum Gasteiger partial charge on any atom is -0.468 e. The molecule has 1 heterocycles. The lowest BCUT2D eigenvalue weighted by Crippen LogP contribution is -2.52. The van der Waals surface area contributed by atoms with E-state index in [9.17, 15) is 9.90 Å². The molecular weight excluding hydrogens is 194 g/mol. The van der Waals surface area contributed by atoms with Gasteiger partial charge in [0.15, 0.2) is 0 Å². The smallest absolute Gasteiger partial charge is 0.323 e. The molecule has 1 rings (SSSR count). The van der Waals surface area contributed by atoms with Crippen LogP contribution in [0.3, 0.4) is 0 Å². The van der Waals surface area contributed by atoms with E-state index in [1.807, 2.05) is 6.92 Å². The van der Waals surface area contributed by atoms with Crippen LogP contribution in [0.5, 0.6) is 0 Å². The van der Waals surface area contributed by atoms with Crippen molar-refractivity contribution in [1.29, 1.82) is 0 Å². The largest absolute Gasteiger partial charge is 0.468 e. The van der Waals surface area contributed by atoms with Crippen molar-refractivity contribution in [2.24, 2.45) is 0 Å². The van der Waals surface area contributed by atoms with Crippen molar-refractivity contribution >= 4 is 5.97 Å². The highest BCUT2D eigenvalue weighted by molar-refractivity contribution is 5.75. The Kier molecular flexibility index (Phi) is 4.54. The summed E-state index contributed by atoms with van der Waals surface area (Å²) in [4.78, 5) is 13.6. The fourth-order valence-corrected chi connectivity index (χ4v) is 2.11. The molecular formula is C11H21NO3. The SMILES string of the molecule is COC(=O)C1CCCCN1C(C)C(C)O. The summed E-state index contributed by atoms with van der Waals surface area (Å²) in [6.45, 7) is 4.57. The number of ether oxygens (including phenoxy) is 1. The lowest BCUT2D eigenvalue weighted by atomic mass is 9.98. The maximum Gasteiger partial charge on any atom is 0.323 e. The van der Waals surface area contributed by atoms with Gasteiger partial charge < -0.3 is 9.84 Å². The molecule has 15 heavy (non-hydrogen) atoms. The number of aliphatic hydroxyl groups is 1. The fraction of sp³-hybridized carbons (Fsp3) is 0.909. The molecule has 4 heteroatoms. The van der Waals surface area contributed by atoms with Gasteiger partial charge in [-0.25, -0.2) is 0 Å². The minimum absolute atomic E-state index is 0.00870. The van der Waals surface area contributed by atoms with Gasteiger partial charge in [-0.2, -0.15) is 0 Å². The van der Waals surface area contributed by atoms with E-state index in [0.29, 0.717) is 0 Å². The minimum atomic E-state index is -0.421. The Morgan fingerprint density at radius 2 is 2.13 bits per heavy atom. The van der Waals surface area contributed by atoms with Crippen LogP contribution in [0.4, 0.5) is 0 Å². The predicted molar refractivity (Wildman–Crippen MR) is 57.5 cm³/mol. The quantitative estimate of drug-likeness (QED) is 0.707. The summed E-state index contributed by atoms with van der Waals surface area (Å²) in [5, 5.41) is 9.55. The van der Waals surface area contributed by atoms with Gasteiger partial charge in [0.05, 0.1) is 13.2 Å². The zero-order chi connectivity index (χ0) is 11.4. The predicted octanol–water partition coefficient (Wildman–Crippen LogP) is 0.783. The summed E-state index contributed by atoms with van der Waals surface area (Å²) in [5.41, 5.74) is 0. The van der Waals surface area contributed by atoms with Gasteiger partial charge in [0, 0.05) is 6.04 Å². The summed E-state index contributed by atoms with van der Waals surface area (Å²) in [6, 6.07) is -0.164. The summed E-state index contributed by atoms with van der Waals surface area (Å²) < 4.78 is 4.79. The summed E-state index contributed by atoms with van der Waals surface area (Å²) >= 11 is 0. The monoisotopic (exact) mass is 215 g/mol. The second kappa shape index (κ2) is 5.47. The zero-order valence-corrected chi connectivity index (χ0v) is 9.77. The summed E-state index contributed by atoms with van der Waals surface area (Å²) in [6.07, 6.45) is 2.56. The highest BCUT2D eigenvalue weighted by Gasteiger charge is 2.33. The molecule has 0 saturated carbocycles. The lowest BCUT2D eigenvalue weighted by molar-refractivity contribution is -0.150. The van der Waals surface area contributed by atoms with Crippen LogP contribution >= 0.6 is 0 Å². The van der Waals surface area contributed by atoms with Crippen LogP contribution in [0.1, 0.15) is 33.1 Å². The number of aliphatic hydroxyl groups excluding tert-OH is 1. The van der Waals surface area contributed by atoms with Gasteiger partial charge >= 0.3 is 5.97 Å². The van der Waals surface area contributed by atoms with Crippen molar-refractivity contribution in [2.75, 3.05) is 13.7 Å². The van der Waals surface area contributed by atoms with Crippen LogP contribution in [-0.4, -0.2) is 47.8 Å². The molecule has 0 aromatic carbocycles. The number of hydrogen-bond acceptors (Lipinski definition) is 4. The van der Waals surface area contributed by atoms with Crippen LogP contribution in [0.15, 0.2) is 0 Å². The third-order valence-electron chi connectivity index (χ3n) is 3.24. The second-order valence-corrected chi connectivity index (χ2v) is 4.25. The molecule has 3 unspecified atom stereocenters. The van der Waals surface area contributed by atoms with E-state index in [-0.39, 0.29) is 18.1 Å². The first kappa shape index (κ1) is 12.5. The van der Waals surface area contributed by atoms with Gasteiger partial charge in [0.1, 0.15) is 6.04 Å². The number of esters is 1. The van der Waals surface area contributed by atoms with Crippen LogP contribution in [0.25, 0.3) is 0 Å². The van der Waals surface area contributed by atoms with E-state index in [1.54, 1.807) is 6.92 Å². The Labute approximate surface area is 91.2 Å². The van der Waals surface area contributed by atoms with Gasteiger partial charge in [-0.1, -0.05) is 6.42 Å². The summed E-state index contributed by atoms with van der Waals surface area (Å²) in [7, 11) is 1.42. The molecule has 4 nitrogen and oxygen atoms in total. The Morgan fingerprint density at radius 1 is 1.47 bits per heavy atom. The first-order valence-electron chi connectivity index (χ1n) is 5.59. The maximum absolute atomic E-state index is 11.6. The molecule has 0 radical (unpaired) electrons. The third-order valence-corrected chi connectivity index (χ3v) is 3.24. The molecule has 1 aliphatic rings. The standard InChI is InChI=1S/C11H21NO3/c1-8(9(2)13)12-7-5-4-6-10(12)11(14)15-3/h8-10,13H,4-7H2,1-3H3. The number of carbonyl (C=O) groups is 1. The van der Waals surface area contributed by atoms with Gasteiger partial charge in [-0.05, 0) is 33.2 Å². The fourth-order valence-electron chi connectivity index (χ4n) is 2.11. The molecule has 88 valence electrons. The lowest BCUT2D eigenvalue weighted by Gasteiger charge is -2.39. The first-order chi connectivity index (χ1) is 7.07. The average Bonchev–Trinajstić information content (AvgIpc) is 2.27. The maximum atomic E-state index is 11.6. The van der Waals surface area contributed by atoms with Crippen molar-refractivity contribution in [3.05, 3.63) is 0 Å². The Morgan fingerprint density at radius 3 is 2.67 bits per heavy atom. The van der Waals surface area contributed by atoms with Crippen molar-refractivity contribution in [3.8, 4) is 0 Å². The molecule has 0 amide bonds. The second-order valence-electron chi connectivity index (χ2n) is 4.25. The van der Waals surface area contributed by atoms with Crippen LogP contribution in [-0.2, 0) is 9.53 Å². The van der Waals surface area contributed by atoms with E-state index in [1.165, 1.54) is 7.11 Å². The molecule has 0 aromatic heterocycles. The Bertz CT molecular complexity index is 218. The first-order valence-corrected chi connectivity index (χ1v) is 5.59. The van der Waals surface area contributed by atoms with Crippen molar-refractivity contribution in [2.45, 2.75) is 51.3 Å². The molecule has 1 saturated heterocycles. The Hall–Kier alpha value is -0.610. The molecule has 0 spiro atoms. The number of rotatable bonds is 3. The van der Waals surface area contributed by atoms with E-state index >= 15 is 0 Å². The summed E-state index contributed by atoms with van der Waals surface area (Å²) in [5.74, 6) is -0.179. The average molecular weight is 215 g/mol. The molecule has 1 aliphatic heterocycles. The molecule has 0 bridgehead atoms. The van der Waals surface area contributed by atoms with E-state index in [2.05, 4.69) is 4.90 Å². The van der Waals surface area contributed by atoms with Crippen LogP contribution in [0.2, 0.25) is 0 Å². The highest BCUT2D eigenvalue weighted by atomic mass is 16.5. The highest BCUT2D eigenvalue weighted by Crippen LogP contribution is 2.21. The van der Waals surface area contributed by atoms with Gasteiger partial charge in [-0.3, -0.25) is 9.69 Å². The van der Waals surface area contributed by atoms with Crippen molar-refractivity contribution in [3.63, 3.8) is 0 Å². The molecule has 3 atom stereocenters. The van der Waals surface area contributed by atoms with Crippen LogP contribution in [0, 0.1) is 0 Å². The third kappa shape index (κ3) is 2.92. The van der Waals surface area contributed by atoms with Gasteiger partial charge in [-0.15, -0.1) is 0 Å². The molecule has 0 aromatic rings. The van der Waals surface area contributed by atoms with Crippen molar-refractivity contribution < 1.29 is 14.6 Å². The Balaban J connectivity index is 2.69. The van der Waals surface area contributed by atoms with Gasteiger partial charge in [0.25, 0.3) is 0 Å². The number of likely N-dealkylation sites (tertiary alicyclic amines) is 1. The van der Waals surface area contributed by atoms with Gasteiger partial charge in [0.2, 0.25) is 0 Å². The number of methoxy groups -OCH3 is 1. The number of piperidine rings is 1. The van der Waals surface area contributed by atoms with E-state index in [0.717, 1.165) is 25.8 Å². The van der Waals surface area contributed by atoms with Crippen molar-refractivity contribution in [1.82, 2.24) is 4.90 Å².